The first kappa shape index (κ1) is 35.5. The Morgan fingerprint density at radius 2 is 0.824 bits per heavy atom. The molecule has 0 atom stereocenters. The fourth-order valence-electron chi connectivity index (χ4n) is 6.79. The van der Waals surface area contributed by atoms with E-state index >= 15 is 0 Å². The zero-order valence-corrected chi connectivity index (χ0v) is 31.3. The number of rotatable bonds is 11. The normalized spacial score (nSPS) is 12.5. The third kappa shape index (κ3) is 7.56. The van der Waals surface area contributed by atoms with Crippen molar-refractivity contribution >= 4 is 22.8 Å². The van der Waals surface area contributed by atoms with Crippen molar-refractivity contribution in [2.24, 2.45) is 9.98 Å². The van der Waals surface area contributed by atoms with Gasteiger partial charge in [-0.05, 0) is 51.5 Å². The molecule has 6 rings (SSSR count). The van der Waals surface area contributed by atoms with Crippen LogP contribution in [0, 0.1) is 0 Å². The Balaban J connectivity index is 1.73. The van der Waals surface area contributed by atoms with Gasteiger partial charge in [0, 0.05) is 16.7 Å². The minimum atomic E-state index is 0.302. The van der Waals surface area contributed by atoms with Crippen molar-refractivity contribution < 1.29 is 0 Å². The maximum absolute atomic E-state index is 5.64. The number of aromatic nitrogens is 2. The van der Waals surface area contributed by atoms with Crippen molar-refractivity contribution in [2.75, 3.05) is 0 Å². The summed E-state index contributed by atoms with van der Waals surface area (Å²) in [5, 5.41) is 8.72. The van der Waals surface area contributed by atoms with Crippen molar-refractivity contribution in [1.82, 2.24) is 10.2 Å². The van der Waals surface area contributed by atoms with E-state index in [0.717, 1.165) is 56.4 Å². The number of para-hydroxylation sites is 2. The number of H-pyrrole nitrogens is 1. The lowest BCUT2D eigenvalue weighted by atomic mass is 9.91. The summed E-state index contributed by atoms with van der Waals surface area (Å²) in [5.41, 5.74) is 14.3. The molecular weight excluding hydrogens is 621 g/mol. The van der Waals surface area contributed by atoms with E-state index in [9.17, 15) is 0 Å². The zero-order chi connectivity index (χ0) is 36.1. The molecule has 0 radical (unpaired) electrons. The van der Waals surface area contributed by atoms with E-state index in [1.165, 1.54) is 22.3 Å². The van der Waals surface area contributed by atoms with E-state index in [4.69, 9.17) is 15.1 Å². The van der Waals surface area contributed by atoms with Crippen LogP contribution in [0.15, 0.2) is 137 Å². The molecule has 0 unspecified atom stereocenters. The van der Waals surface area contributed by atoms with Gasteiger partial charge < -0.3 is 0 Å². The van der Waals surface area contributed by atoms with Crippen LogP contribution < -0.4 is 0 Å². The minimum absolute atomic E-state index is 0.302. The van der Waals surface area contributed by atoms with Gasteiger partial charge in [0.05, 0.1) is 28.5 Å². The second-order valence-corrected chi connectivity index (χ2v) is 14.5. The molecule has 0 saturated carbocycles. The standard InChI is InChI=1S/C47H50N4/c1-30(2)37-26-18-27-38(31(3)4)44(37)48-42(35-22-14-10-15-23-35)46-41(34-20-12-9-13-21-34)47(51-50-46)43(36-24-16-11-17-25-36)49-45-39(32(5)6)28-19-29-40(45)33(7)8/h9-33H,1-8H3,(H,50,51). The number of hydrogen-bond donors (Lipinski definition) is 1. The molecule has 1 aromatic heterocycles. The first-order chi connectivity index (χ1) is 24.7. The Morgan fingerprint density at radius 3 is 1.24 bits per heavy atom. The predicted molar refractivity (Wildman–Crippen MR) is 217 cm³/mol. The van der Waals surface area contributed by atoms with E-state index in [2.05, 4.69) is 188 Å². The lowest BCUT2D eigenvalue weighted by Crippen LogP contribution is -2.09. The molecule has 1 heterocycles. The molecule has 1 N–H and O–H groups in total. The van der Waals surface area contributed by atoms with E-state index in [0.29, 0.717) is 23.7 Å². The van der Waals surface area contributed by atoms with Crippen LogP contribution in [0.4, 0.5) is 11.4 Å². The summed E-state index contributed by atoms with van der Waals surface area (Å²) in [7, 11) is 0. The molecule has 0 amide bonds. The monoisotopic (exact) mass is 670 g/mol. The molecule has 0 aliphatic heterocycles. The van der Waals surface area contributed by atoms with Crippen LogP contribution in [0.1, 0.15) is 124 Å². The Kier molecular flexibility index (Phi) is 10.9. The fourth-order valence-corrected chi connectivity index (χ4v) is 6.79. The molecule has 6 aromatic rings. The third-order valence-corrected chi connectivity index (χ3v) is 9.52. The summed E-state index contributed by atoms with van der Waals surface area (Å²) >= 11 is 0. The quantitative estimate of drug-likeness (QED) is 0.137. The summed E-state index contributed by atoms with van der Waals surface area (Å²) in [6, 6.07) is 44.7. The van der Waals surface area contributed by atoms with Gasteiger partial charge in [-0.3, -0.25) is 5.10 Å². The predicted octanol–water partition coefficient (Wildman–Crippen LogP) is 12.9. The van der Waals surface area contributed by atoms with Crippen LogP contribution in [0.3, 0.4) is 0 Å². The summed E-state index contributed by atoms with van der Waals surface area (Å²) in [6.07, 6.45) is 0. The van der Waals surface area contributed by atoms with Crippen LogP contribution in [-0.2, 0) is 0 Å². The number of aliphatic imine (C=N–C) groups is 2. The number of hydrogen-bond acceptors (Lipinski definition) is 3. The van der Waals surface area contributed by atoms with Crippen molar-refractivity contribution in [3.8, 4) is 11.1 Å². The Hall–Kier alpha value is -5.35. The van der Waals surface area contributed by atoms with Gasteiger partial charge in [0.25, 0.3) is 0 Å². The van der Waals surface area contributed by atoms with Gasteiger partial charge in [0.2, 0.25) is 0 Å². The highest BCUT2D eigenvalue weighted by atomic mass is 15.1. The minimum Gasteiger partial charge on any atom is -0.275 e. The third-order valence-electron chi connectivity index (χ3n) is 9.52. The molecule has 5 aromatic carbocycles. The van der Waals surface area contributed by atoms with Crippen molar-refractivity contribution in [3.05, 3.63) is 172 Å². The van der Waals surface area contributed by atoms with Crippen LogP contribution in [0.5, 0.6) is 0 Å². The SMILES string of the molecule is CC(C)c1cccc(C(C)C)c1N=C(c1ccccc1)c1n[nH]c(C(=Nc2c(C(C)C)cccc2C(C)C)c2ccccc2)c1-c1ccccc1. The van der Waals surface area contributed by atoms with Gasteiger partial charge in [0.1, 0.15) is 5.69 Å². The molecule has 0 bridgehead atoms. The average molecular weight is 671 g/mol. The van der Waals surface area contributed by atoms with Gasteiger partial charge in [0.15, 0.2) is 0 Å². The van der Waals surface area contributed by atoms with Crippen LogP contribution in [-0.4, -0.2) is 21.6 Å². The maximum Gasteiger partial charge on any atom is 0.120 e. The molecule has 0 fully saturated rings. The number of nitrogens with one attached hydrogen (secondary N) is 1. The van der Waals surface area contributed by atoms with Crippen molar-refractivity contribution in [3.63, 3.8) is 0 Å². The van der Waals surface area contributed by atoms with Crippen LogP contribution >= 0.6 is 0 Å². The van der Waals surface area contributed by atoms with E-state index in [-0.39, 0.29) is 0 Å². The molecule has 4 nitrogen and oxygen atoms in total. The summed E-state index contributed by atoms with van der Waals surface area (Å²) in [6.45, 7) is 17.9. The van der Waals surface area contributed by atoms with E-state index in [1.54, 1.807) is 0 Å². The highest BCUT2D eigenvalue weighted by Gasteiger charge is 2.26. The smallest absolute Gasteiger partial charge is 0.120 e. The molecule has 51 heavy (non-hydrogen) atoms. The molecule has 0 saturated heterocycles. The summed E-state index contributed by atoms with van der Waals surface area (Å²) in [5.74, 6) is 1.21. The lowest BCUT2D eigenvalue weighted by Gasteiger charge is -2.19. The lowest BCUT2D eigenvalue weighted by molar-refractivity contribution is 0.834. The van der Waals surface area contributed by atoms with Gasteiger partial charge in [-0.25, -0.2) is 9.98 Å². The molecule has 0 aliphatic rings. The largest absolute Gasteiger partial charge is 0.275 e. The van der Waals surface area contributed by atoms with Gasteiger partial charge >= 0.3 is 0 Å². The van der Waals surface area contributed by atoms with Gasteiger partial charge in [-0.2, -0.15) is 5.10 Å². The molecule has 0 spiro atoms. The molecule has 4 heteroatoms. The number of benzene rings is 5. The van der Waals surface area contributed by atoms with E-state index in [1.807, 2.05) is 0 Å². The average Bonchev–Trinajstić information content (AvgIpc) is 3.57. The highest BCUT2D eigenvalue weighted by Crippen LogP contribution is 2.39. The molecule has 258 valence electrons. The maximum atomic E-state index is 5.64. The number of aromatic amines is 1. The topological polar surface area (TPSA) is 53.4 Å². The second-order valence-electron chi connectivity index (χ2n) is 14.5. The Labute approximate surface area is 304 Å². The van der Waals surface area contributed by atoms with Gasteiger partial charge in [-0.15, -0.1) is 0 Å². The number of nitrogens with zero attached hydrogens (tertiary/aromatic N) is 3. The second kappa shape index (κ2) is 15.7. The molecule has 0 aliphatic carbocycles. The van der Waals surface area contributed by atoms with Crippen LogP contribution in [0.2, 0.25) is 0 Å². The zero-order valence-electron chi connectivity index (χ0n) is 31.3. The Bertz CT molecular complexity index is 1950. The summed E-state index contributed by atoms with van der Waals surface area (Å²) < 4.78 is 0. The summed E-state index contributed by atoms with van der Waals surface area (Å²) in [4.78, 5) is 11.3. The Morgan fingerprint density at radius 1 is 0.451 bits per heavy atom. The highest BCUT2D eigenvalue weighted by molar-refractivity contribution is 6.22. The van der Waals surface area contributed by atoms with Crippen molar-refractivity contribution in [1.29, 1.82) is 0 Å². The first-order valence-electron chi connectivity index (χ1n) is 18.3. The van der Waals surface area contributed by atoms with Crippen LogP contribution in [0.25, 0.3) is 11.1 Å². The fraction of sp³-hybridized carbons (Fsp3) is 0.255. The van der Waals surface area contributed by atoms with Gasteiger partial charge in [-0.1, -0.05) is 183 Å². The molecular formula is C47H50N4. The van der Waals surface area contributed by atoms with E-state index < -0.39 is 0 Å². The van der Waals surface area contributed by atoms with Crippen molar-refractivity contribution in [2.45, 2.75) is 79.1 Å². The first-order valence-corrected chi connectivity index (χ1v) is 18.3.